The van der Waals surface area contributed by atoms with Crippen LogP contribution in [-0.2, 0) is 11.4 Å². The Labute approximate surface area is 192 Å². The number of carbonyl (C=O) groups excluding carboxylic acids is 2. The van der Waals surface area contributed by atoms with Crippen molar-refractivity contribution in [2.75, 3.05) is 6.54 Å². The molecule has 0 aliphatic carbocycles. The van der Waals surface area contributed by atoms with Crippen molar-refractivity contribution < 1.29 is 14.3 Å². The highest BCUT2D eigenvalue weighted by Crippen LogP contribution is 2.34. The SMILES string of the molecule is CC(C)CN1C(=O)SC(=Cc2ccc(OCc3ccc(Cl)cc3Cl)c(Br)c2)C1=O. The first-order valence-electron chi connectivity index (χ1n) is 8.86. The maximum Gasteiger partial charge on any atom is 0.293 e. The van der Waals surface area contributed by atoms with E-state index in [4.69, 9.17) is 27.9 Å². The van der Waals surface area contributed by atoms with E-state index in [2.05, 4.69) is 15.9 Å². The molecule has 0 aromatic heterocycles. The van der Waals surface area contributed by atoms with Crippen molar-refractivity contribution in [2.24, 2.45) is 5.92 Å². The van der Waals surface area contributed by atoms with Gasteiger partial charge in [-0.15, -0.1) is 0 Å². The molecule has 1 fully saturated rings. The second kappa shape index (κ2) is 9.56. The molecule has 4 nitrogen and oxygen atoms in total. The van der Waals surface area contributed by atoms with E-state index in [9.17, 15) is 9.59 Å². The smallest absolute Gasteiger partial charge is 0.293 e. The molecule has 0 radical (unpaired) electrons. The first-order chi connectivity index (χ1) is 13.7. The van der Waals surface area contributed by atoms with Crippen LogP contribution < -0.4 is 4.74 Å². The Bertz CT molecular complexity index is 994. The van der Waals surface area contributed by atoms with Gasteiger partial charge in [0.15, 0.2) is 0 Å². The van der Waals surface area contributed by atoms with E-state index < -0.39 is 0 Å². The molecule has 29 heavy (non-hydrogen) atoms. The number of amides is 2. The Morgan fingerprint density at radius 2 is 1.93 bits per heavy atom. The van der Waals surface area contributed by atoms with Crippen molar-refractivity contribution in [2.45, 2.75) is 20.5 Å². The monoisotopic (exact) mass is 513 g/mol. The van der Waals surface area contributed by atoms with E-state index in [1.54, 1.807) is 24.3 Å². The van der Waals surface area contributed by atoms with Crippen LogP contribution in [-0.4, -0.2) is 22.6 Å². The zero-order chi connectivity index (χ0) is 21.1. The number of benzene rings is 2. The highest BCUT2D eigenvalue weighted by atomic mass is 79.9. The third-order valence-corrected chi connectivity index (χ3v) is 6.19. The van der Waals surface area contributed by atoms with E-state index in [0.29, 0.717) is 33.9 Å². The highest BCUT2D eigenvalue weighted by molar-refractivity contribution is 9.10. The van der Waals surface area contributed by atoms with Crippen LogP contribution in [0.25, 0.3) is 6.08 Å². The van der Waals surface area contributed by atoms with E-state index in [1.165, 1.54) is 4.90 Å². The maximum absolute atomic E-state index is 12.5. The number of hydrogen-bond donors (Lipinski definition) is 0. The molecule has 3 rings (SSSR count). The Balaban J connectivity index is 1.72. The molecule has 1 aliphatic heterocycles. The number of halogens is 3. The summed E-state index contributed by atoms with van der Waals surface area (Å²) in [7, 11) is 0. The lowest BCUT2D eigenvalue weighted by atomic mass is 10.2. The minimum Gasteiger partial charge on any atom is -0.488 e. The Morgan fingerprint density at radius 3 is 2.59 bits per heavy atom. The van der Waals surface area contributed by atoms with Gasteiger partial charge < -0.3 is 4.74 Å². The fourth-order valence-electron chi connectivity index (χ4n) is 2.69. The van der Waals surface area contributed by atoms with Crippen LogP contribution in [0.3, 0.4) is 0 Å². The largest absolute Gasteiger partial charge is 0.488 e. The summed E-state index contributed by atoms with van der Waals surface area (Å²) in [4.78, 5) is 26.3. The molecule has 0 spiro atoms. The van der Waals surface area contributed by atoms with Gasteiger partial charge in [-0.2, -0.15) is 0 Å². The summed E-state index contributed by atoms with van der Waals surface area (Å²) < 4.78 is 6.57. The minimum absolute atomic E-state index is 0.225. The number of thioether (sulfide) groups is 1. The van der Waals surface area contributed by atoms with Crippen molar-refractivity contribution in [1.29, 1.82) is 0 Å². The third-order valence-electron chi connectivity index (χ3n) is 4.07. The fourth-order valence-corrected chi connectivity index (χ4v) is 4.51. The van der Waals surface area contributed by atoms with Gasteiger partial charge in [0.25, 0.3) is 11.1 Å². The summed E-state index contributed by atoms with van der Waals surface area (Å²) in [5.41, 5.74) is 1.62. The first kappa shape index (κ1) is 22.2. The van der Waals surface area contributed by atoms with Crippen LogP contribution in [0.15, 0.2) is 45.8 Å². The summed E-state index contributed by atoms with van der Waals surface area (Å²) in [5, 5.41) is 0.887. The molecule has 2 aromatic carbocycles. The van der Waals surface area contributed by atoms with Crippen LogP contribution in [0.4, 0.5) is 4.79 Å². The van der Waals surface area contributed by atoms with E-state index in [1.807, 2.05) is 32.0 Å². The summed E-state index contributed by atoms with van der Waals surface area (Å²) in [5.74, 6) is 0.617. The van der Waals surface area contributed by atoms with E-state index in [-0.39, 0.29) is 17.1 Å². The number of nitrogens with zero attached hydrogens (tertiary/aromatic N) is 1. The van der Waals surface area contributed by atoms with Gasteiger partial charge in [0.1, 0.15) is 12.4 Å². The van der Waals surface area contributed by atoms with E-state index in [0.717, 1.165) is 27.4 Å². The molecular weight excluding hydrogens is 497 g/mol. The lowest BCUT2D eigenvalue weighted by Crippen LogP contribution is -2.31. The highest BCUT2D eigenvalue weighted by Gasteiger charge is 2.35. The average molecular weight is 515 g/mol. The zero-order valence-electron chi connectivity index (χ0n) is 15.7. The van der Waals surface area contributed by atoms with Crippen molar-refractivity contribution in [3.8, 4) is 5.75 Å². The summed E-state index contributed by atoms with van der Waals surface area (Å²) in [6, 6.07) is 10.7. The fraction of sp³-hybridized carbons (Fsp3) is 0.238. The second-order valence-corrected chi connectivity index (χ2v) is 9.59. The standard InChI is InChI=1S/C21H18BrCl2NO3S/c1-12(2)10-25-20(26)19(29-21(25)27)8-13-3-6-18(16(22)7-13)28-11-14-4-5-15(23)9-17(14)24/h3-9,12H,10-11H2,1-2H3. The van der Waals surface area contributed by atoms with Crippen molar-refractivity contribution in [3.63, 3.8) is 0 Å². The Kier molecular flexibility index (Phi) is 7.32. The summed E-state index contributed by atoms with van der Waals surface area (Å²) in [6.45, 7) is 4.66. The Morgan fingerprint density at radius 1 is 1.17 bits per heavy atom. The number of rotatable bonds is 6. The molecule has 8 heteroatoms. The van der Waals surface area contributed by atoms with E-state index >= 15 is 0 Å². The van der Waals surface area contributed by atoms with Gasteiger partial charge in [0, 0.05) is 22.2 Å². The average Bonchev–Trinajstić information content (AvgIpc) is 2.89. The molecule has 2 aromatic rings. The lowest BCUT2D eigenvalue weighted by molar-refractivity contribution is -0.123. The van der Waals surface area contributed by atoms with Crippen molar-refractivity contribution >= 4 is 68.1 Å². The topological polar surface area (TPSA) is 46.6 Å². The predicted octanol–water partition coefficient (Wildman–Crippen LogP) is 7.03. The summed E-state index contributed by atoms with van der Waals surface area (Å²) >= 11 is 16.5. The predicted molar refractivity (Wildman–Crippen MR) is 122 cm³/mol. The maximum atomic E-state index is 12.5. The molecule has 1 saturated heterocycles. The van der Waals surface area contributed by atoms with Gasteiger partial charge in [-0.25, -0.2) is 0 Å². The third kappa shape index (κ3) is 5.57. The molecule has 2 amide bonds. The van der Waals surface area contributed by atoms with Gasteiger partial charge in [-0.05, 0) is 69.5 Å². The van der Waals surface area contributed by atoms with Crippen molar-refractivity contribution in [3.05, 3.63) is 66.9 Å². The van der Waals surface area contributed by atoms with Crippen molar-refractivity contribution in [1.82, 2.24) is 4.90 Å². The zero-order valence-corrected chi connectivity index (χ0v) is 19.7. The van der Waals surface area contributed by atoms with Gasteiger partial charge in [0.2, 0.25) is 0 Å². The van der Waals surface area contributed by atoms with Gasteiger partial charge >= 0.3 is 0 Å². The number of carbonyl (C=O) groups is 2. The quantitative estimate of drug-likeness (QED) is 0.388. The number of hydrogen-bond acceptors (Lipinski definition) is 4. The van der Waals surface area contributed by atoms with Crippen LogP contribution in [0.2, 0.25) is 10.0 Å². The molecule has 1 aliphatic rings. The molecule has 1 heterocycles. The lowest BCUT2D eigenvalue weighted by Gasteiger charge is -2.14. The van der Waals surface area contributed by atoms with Crippen LogP contribution in [0.1, 0.15) is 25.0 Å². The van der Waals surface area contributed by atoms with Crippen LogP contribution in [0.5, 0.6) is 5.75 Å². The van der Waals surface area contributed by atoms with Crippen LogP contribution in [0, 0.1) is 5.92 Å². The molecular formula is C21H18BrCl2NO3S. The molecule has 0 N–H and O–H groups in total. The minimum atomic E-state index is -0.248. The van der Waals surface area contributed by atoms with Crippen LogP contribution >= 0.6 is 50.9 Å². The normalized spacial score (nSPS) is 15.7. The second-order valence-electron chi connectivity index (χ2n) is 6.90. The Hall–Kier alpha value is -1.47. The van der Waals surface area contributed by atoms with Gasteiger partial charge in [-0.3, -0.25) is 14.5 Å². The van der Waals surface area contributed by atoms with Gasteiger partial charge in [-0.1, -0.05) is 49.2 Å². The molecule has 152 valence electrons. The molecule has 0 atom stereocenters. The summed E-state index contributed by atoms with van der Waals surface area (Å²) in [6.07, 6.45) is 1.72. The van der Waals surface area contributed by atoms with Gasteiger partial charge in [0.05, 0.1) is 9.38 Å². The number of ether oxygens (including phenoxy) is 1. The molecule has 0 bridgehead atoms. The molecule has 0 saturated carbocycles. The number of imide groups is 1. The first-order valence-corrected chi connectivity index (χ1v) is 11.2. The molecule has 0 unspecified atom stereocenters.